The molecule has 5 heteroatoms. The van der Waals surface area contributed by atoms with E-state index in [1.165, 1.54) is 0 Å². The number of benzene rings is 1. The molecule has 1 saturated heterocycles. The number of hydrogen-bond donors (Lipinski definition) is 1. The van der Waals surface area contributed by atoms with Crippen molar-refractivity contribution in [3.05, 3.63) is 29.8 Å². The molecule has 0 spiro atoms. The fraction of sp³-hybridized carbons (Fsp3) is 0.385. The van der Waals surface area contributed by atoms with Gasteiger partial charge < -0.3 is 14.9 Å². The number of nitrogens with zero attached hydrogens (tertiary/aromatic N) is 2. The molecule has 1 amide bonds. The second-order valence-corrected chi connectivity index (χ2v) is 4.69. The second-order valence-electron chi connectivity index (χ2n) is 4.69. The molecule has 1 aliphatic rings. The standard InChI is InChI=1S/C13H16N2O3/c1-14(2)11-5-3-4-9(6-11)12(16)15-7-10(8-15)13(17)18/h3-6,10H,7-8H2,1-2H3,(H,17,18). The Morgan fingerprint density at radius 1 is 1.33 bits per heavy atom. The van der Waals surface area contributed by atoms with Crippen LogP contribution in [0.15, 0.2) is 24.3 Å². The summed E-state index contributed by atoms with van der Waals surface area (Å²) in [7, 11) is 3.82. The highest BCUT2D eigenvalue weighted by Crippen LogP contribution is 2.21. The average Bonchev–Trinajstić information content (AvgIpc) is 2.26. The zero-order valence-electron chi connectivity index (χ0n) is 10.5. The Balaban J connectivity index is 2.06. The van der Waals surface area contributed by atoms with E-state index in [0.717, 1.165) is 5.69 Å². The Bertz CT molecular complexity index is 479. The SMILES string of the molecule is CN(C)c1cccc(C(=O)N2CC(C(=O)O)C2)c1. The first-order chi connectivity index (χ1) is 8.49. The van der Waals surface area contributed by atoms with Gasteiger partial charge in [-0.15, -0.1) is 0 Å². The van der Waals surface area contributed by atoms with Crippen molar-refractivity contribution in [2.75, 3.05) is 32.1 Å². The molecule has 0 atom stereocenters. The zero-order chi connectivity index (χ0) is 13.3. The van der Waals surface area contributed by atoms with Gasteiger partial charge in [0, 0.05) is 38.4 Å². The summed E-state index contributed by atoms with van der Waals surface area (Å²) in [6.45, 7) is 0.612. The minimum Gasteiger partial charge on any atom is -0.481 e. The van der Waals surface area contributed by atoms with Gasteiger partial charge in [-0.25, -0.2) is 0 Å². The lowest BCUT2D eigenvalue weighted by Crippen LogP contribution is -2.53. The van der Waals surface area contributed by atoms with Crippen molar-refractivity contribution in [2.24, 2.45) is 5.92 Å². The van der Waals surface area contributed by atoms with E-state index in [1.54, 1.807) is 11.0 Å². The number of aliphatic carboxylic acids is 1. The predicted octanol–water partition coefficient (Wildman–Crippen LogP) is 0.909. The van der Waals surface area contributed by atoms with Gasteiger partial charge in [0.15, 0.2) is 0 Å². The molecule has 0 bridgehead atoms. The normalized spacial score (nSPS) is 15.1. The molecule has 5 nitrogen and oxygen atoms in total. The average molecular weight is 248 g/mol. The van der Waals surface area contributed by atoms with Crippen molar-refractivity contribution in [1.29, 1.82) is 0 Å². The lowest BCUT2D eigenvalue weighted by molar-refractivity contribution is -0.146. The number of hydrogen-bond acceptors (Lipinski definition) is 3. The molecule has 2 rings (SSSR count). The summed E-state index contributed by atoms with van der Waals surface area (Å²) in [5.41, 5.74) is 1.56. The monoisotopic (exact) mass is 248 g/mol. The quantitative estimate of drug-likeness (QED) is 0.863. The second kappa shape index (κ2) is 4.68. The lowest BCUT2D eigenvalue weighted by Gasteiger charge is -2.36. The van der Waals surface area contributed by atoms with E-state index in [4.69, 9.17) is 5.11 Å². The number of amides is 1. The number of likely N-dealkylation sites (tertiary alicyclic amines) is 1. The maximum Gasteiger partial charge on any atom is 0.310 e. The zero-order valence-corrected chi connectivity index (χ0v) is 10.5. The predicted molar refractivity (Wildman–Crippen MR) is 67.8 cm³/mol. The summed E-state index contributed by atoms with van der Waals surface area (Å²) in [6.07, 6.45) is 0. The third-order valence-corrected chi connectivity index (χ3v) is 3.13. The number of carboxylic acids is 1. The van der Waals surface area contributed by atoms with Crippen molar-refractivity contribution < 1.29 is 14.7 Å². The summed E-state index contributed by atoms with van der Waals surface area (Å²) in [4.78, 5) is 26.3. The van der Waals surface area contributed by atoms with Crippen molar-refractivity contribution in [2.45, 2.75) is 0 Å². The van der Waals surface area contributed by atoms with Gasteiger partial charge in [-0.2, -0.15) is 0 Å². The number of anilines is 1. The van der Waals surface area contributed by atoms with Gasteiger partial charge in [-0.1, -0.05) is 6.07 Å². The molecule has 0 radical (unpaired) electrons. The molecule has 0 aliphatic carbocycles. The minimum absolute atomic E-state index is 0.101. The van der Waals surface area contributed by atoms with Crippen LogP contribution in [-0.4, -0.2) is 49.1 Å². The Labute approximate surface area is 106 Å². The van der Waals surface area contributed by atoms with Crippen molar-refractivity contribution >= 4 is 17.6 Å². The van der Waals surface area contributed by atoms with Gasteiger partial charge in [0.1, 0.15) is 0 Å². The fourth-order valence-electron chi connectivity index (χ4n) is 1.90. The van der Waals surface area contributed by atoms with E-state index in [1.807, 2.05) is 37.2 Å². The highest BCUT2D eigenvalue weighted by atomic mass is 16.4. The molecule has 1 aromatic rings. The minimum atomic E-state index is -0.832. The number of rotatable bonds is 3. The molecule has 1 aliphatic heterocycles. The molecule has 0 saturated carbocycles. The van der Waals surface area contributed by atoms with Gasteiger partial charge in [0.25, 0.3) is 5.91 Å². The van der Waals surface area contributed by atoms with E-state index in [2.05, 4.69) is 0 Å². The number of carboxylic acid groups (broad SMARTS) is 1. The fourth-order valence-corrected chi connectivity index (χ4v) is 1.90. The van der Waals surface area contributed by atoms with E-state index in [0.29, 0.717) is 18.7 Å². The van der Waals surface area contributed by atoms with E-state index in [9.17, 15) is 9.59 Å². The van der Waals surface area contributed by atoms with Crippen LogP contribution in [-0.2, 0) is 4.79 Å². The molecule has 1 heterocycles. The van der Waals surface area contributed by atoms with Crippen LogP contribution < -0.4 is 4.90 Å². The van der Waals surface area contributed by atoms with Crippen LogP contribution in [0.2, 0.25) is 0 Å². The Morgan fingerprint density at radius 3 is 2.56 bits per heavy atom. The maximum absolute atomic E-state index is 12.1. The van der Waals surface area contributed by atoms with Gasteiger partial charge in [-0.05, 0) is 18.2 Å². The van der Waals surface area contributed by atoms with Crippen LogP contribution >= 0.6 is 0 Å². The first-order valence-electron chi connectivity index (χ1n) is 5.78. The van der Waals surface area contributed by atoms with E-state index < -0.39 is 11.9 Å². The molecule has 18 heavy (non-hydrogen) atoms. The largest absolute Gasteiger partial charge is 0.481 e. The van der Waals surface area contributed by atoms with E-state index >= 15 is 0 Å². The molecule has 1 aromatic carbocycles. The highest BCUT2D eigenvalue weighted by Gasteiger charge is 2.35. The van der Waals surface area contributed by atoms with Crippen molar-refractivity contribution in [3.8, 4) is 0 Å². The van der Waals surface area contributed by atoms with Crippen molar-refractivity contribution in [3.63, 3.8) is 0 Å². The molecule has 0 aromatic heterocycles. The topological polar surface area (TPSA) is 60.9 Å². The van der Waals surface area contributed by atoms with Crippen LogP contribution in [0.3, 0.4) is 0 Å². The molecule has 1 N–H and O–H groups in total. The van der Waals surface area contributed by atoms with Gasteiger partial charge >= 0.3 is 5.97 Å². The van der Waals surface area contributed by atoms with Crippen molar-refractivity contribution in [1.82, 2.24) is 4.90 Å². The summed E-state index contributed by atoms with van der Waals surface area (Å²) >= 11 is 0. The molecular formula is C13H16N2O3. The Hall–Kier alpha value is -2.04. The lowest BCUT2D eigenvalue weighted by atomic mass is 9.99. The van der Waals surface area contributed by atoms with Gasteiger partial charge in [0.2, 0.25) is 0 Å². The van der Waals surface area contributed by atoms with Crippen LogP contribution in [0.1, 0.15) is 10.4 Å². The molecule has 0 unspecified atom stereocenters. The highest BCUT2D eigenvalue weighted by molar-refractivity contribution is 5.96. The van der Waals surface area contributed by atoms with Crippen LogP contribution in [0.5, 0.6) is 0 Å². The third-order valence-electron chi connectivity index (χ3n) is 3.13. The summed E-state index contributed by atoms with van der Waals surface area (Å²) in [6, 6.07) is 7.32. The summed E-state index contributed by atoms with van der Waals surface area (Å²) in [5, 5.41) is 8.78. The first kappa shape index (κ1) is 12.4. The van der Waals surface area contributed by atoms with E-state index in [-0.39, 0.29) is 5.91 Å². The number of carbonyl (C=O) groups excluding carboxylic acids is 1. The molecule has 1 fully saturated rings. The molecular weight excluding hydrogens is 232 g/mol. The van der Waals surface area contributed by atoms with Gasteiger partial charge in [0.05, 0.1) is 5.92 Å². The maximum atomic E-state index is 12.1. The number of carbonyl (C=O) groups is 2. The van der Waals surface area contributed by atoms with Crippen LogP contribution in [0.25, 0.3) is 0 Å². The smallest absolute Gasteiger partial charge is 0.310 e. The summed E-state index contributed by atoms with van der Waals surface area (Å²) in [5.74, 6) is -1.34. The Kier molecular flexibility index (Phi) is 3.23. The first-order valence-corrected chi connectivity index (χ1v) is 5.78. The third kappa shape index (κ3) is 2.30. The Morgan fingerprint density at radius 2 is 2.00 bits per heavy atom. The van der Waals surface area contributed by atoms with Gasteiger partial charge in [-0.3, -0.25) is 9.59 Å². The van der Waals surface area contributed by atoms with Crippen LogP contribution in [0.4, 0.5) is 5.69 Å². The molecule has 96 valence electrons. The van der Waals surface area contributed by atoms with Crippen LogP contribution in [0, 0.1) is 5.92 Å². The summed E-state index contributed by atoms with van der Waals surface area (Å²) < 4.78 is 0.